The normalized spacial score (nSPS) is 10.9. The van der Waals surface area contributed by atoms with Crippen molar-refractivity contribution in [1.29, 1.82) is 0 Å². The maximum Gasteiger partial charge on any atom is 0.225 e. The molecular weight excluding hydrogens is 304 g/mol. The minimum Gasteiger partial charge on any atom is -0.340 e. The zero-order valence-corrected chi connectivity index (χ0v) is 15.2. The summed E-state index contributed by atoms with van der Waals surface area (Å²) in [5.74, 6) is 0.855. The predicted octanol–water partition coefficient (Wildman–Crippen LogP) is 4.52. The molecule has 0 fully saturated rings. The third-order valence-electron chi connectivity index (χ3n) is 4.04. The third-order valence-corrected chi connectivity index (χ3v) is 4.67. The first-order valence-electron chi connectivity index (χ1n) is 8.76. The van der Waals surface area contributed by atoms with Crippen molar-refractivity contribution in [2.75, 3.05) is 18.0 Å². The lowest BCUT2D eigenvalue weighted by molar-refractivity contribution is 0.611. The van der Waals surface area contributed by atoms with Gasteiger partial charge in [0.05, 0.1) is 11.2 Å². The molecule has 4 nitrogen and oxygen atoms in total. The summed E-state index contributed by atoms with van der Waals surface area (Å²) >= 11 is 1.66. The highest BCUT2D eigenvalue weighted by Crippen LogP contribution is 2.12. The van der Waals surface area contributed by atoms with Gasteiger partial charge in [-0.15, -0.1) is 11.3 Å². The topological polar surface area (TPSA) is 41.9 Å². The SMILES string of the molecule is CCCCCCCN(CCc1cscn1)c1ncc(CC)cn1. The van der Waals surface area contributed by atoms with Crippen molar-refractivity contribution in [2.45, 2.75) is 58.8 Å². The molecule has 0 unspecified atom stereocenters. The minimum atomic E-state index is 0.855. The number of aromatic nitrogens is 3. The van der Waals surface area contributed by atoms with E-state index in [1.54, 1.807) is 11.3 Å². The second-order valence-electron chi connectivity index (χ2n) is 5.88. The monoisotopic (exact) mass is 332 g/mol. The van der Waals surface area contributed by atoms with E-state index in [-0.39, 0.29) is 0 Å². The van der Waals surface area contributed by atoms with Crippen molar-refractivity contribution in [3.05, 3.63) is 34.5 Å². The standard InChI is InChI=1S/C18H28N4S/c1-3-5-6-7-8-10-22(11-9-17-14-23-15-21-17)18-19-12-16(4-2)13-20-18/h12-15H,3-11H2,1-2H3. The van der Waals surface area contributed by atoms with Crippen LogP contribution < -0.4 is 4.90 Å². The highest BCUT2D eigenvalue weighted by molar-refractivity contribution is 7.07. The number of anilines is 1. The molecule has 0 radical (unpaired) electrons. The van der Waals surface area contributed by atoms with Crippen LogP contribution in [0.15, 0.2) is 23.3 Å². The molecule has 0 aliphatic carbocycles. The molecule has 2 heterocycles. The van der Waals surface area contributed by atoms with Crippen LogP contribution in [0.4, 0.5) is 5.95 Å². The van der Waals surface area contributed by atoms with Gasteiger partial charge in [-0.05, 0) is 18.4 Å². The first-order valence-corrected chi connectivity index (χ1v) is 9.70. The van der Waals surface area contributed by atoms with E-state index in [9.17, 15) is 0 Å². The molecule has 0 aromatic carbocycles. The average molecular weight is 333 g/mol. The van der Waals surface area contributed by atoms with Gasteiger partial charge in [0.15, 0.2) is 0 Å². The Morgan fingerprint density at radius 2 is 1.74 bits per heavy atom. The summed E-state index contributed by atoms with van der Waals surface area (Å²) in [4.78, 5) is 15.8. The van der Waals surface area contributed by atoms with Crippen molar-refractivity contribution < 1.29 is 0 Å². The lowest BCUT2D eigenvalue weighted by Crippen LogP contribution is -2.29. The molecule has 2 rings (SSSR count). The summed E-state index contributed by atoms with van der Waals surface area (Å²) in [6, 6.07) is 0. The van der Waals surface area contributed by atoms with E-state index in [1.807, 2.05) is 17.9 Å². The zero-order valence-electron chi connectivity index (χ0n) is 14.4. The number of thiazole rings is 1. The molecule has 0 amide bonds. The number of rotatable bonds is 11. The fourth-order valence-electron chi connectivity index (χ4n) is 2.52. The summed E-state index contributed by atoms with van der Waals surface area (Å²) in [7, 11) is 0. The Balaban J connectivity index is 1.91. The number of nitrogens with zero attached hydrogens (tertiary/aromatic N) is 4. The average Bonchev–Trinajstić information content (AvgIpc) is 3.11. The second kappa shape index (κ2) is 10.3. The molecule has 0 N–H and O–H groups in total. The molecule has 2 aromatic rings. The molecule has 0 bridgehead atoms. The van der Waals surface area contributed by atoms with E-state index >= 15 is 0 Å². The Bertz CT molecular complexity index is 524. The predicted molar refractivity (Wildman–Crippen MR) is 98.2 cm³/mol. The Hall–Kier alpha value is -1.49. The first kappa shape index (κ1) is 17.9. The second-order valence-corrected chi connectivity index (χ2v) is 6.59. The number of hydrogen-bond donors (Lipinski definition) is 0. The highest BCUT2D eigenvalue weighted by Gasteiger charge is 2.10. The van der Waals surface area contributed by atoms with Gasteiger partial charge in [-0.1, -0.05) is 39.5 Å². The molecule has 0 aliphatic rings. The van der Waals surface area contributed by atoms with Crippen LogP contribution in [0.25, 0.3) is 0 Å². The summed E-state index contributed by atoms with van der Waals surface area (Å²) in [5, 5.41) is 2.13. The molecule has 0 saturated heterocycles. The number of hydrogen-bond acceptors (Lipinski definition) is 5. The Kier molecular flexibility index (Phi) is 8.01. The minimum absolute atomic E-state index is 0.855. The number of unbranched alkanes of at least 4 members (excludes halogenated alkanes) is 4. The molecule has 0 atom stereocenters. The van der Waals surface area contributed by atoms with Gasteiger partial charge in [-0.25, -0.2) is 15.0 Å². The molecule has 126 valence electrons. The van der Waals surface area contributed by atoms with Crippen LogP contribution in [0.1, 0.15) is 57.2 Å². The van der Waals surface area contributed by atoms with Crippen LogP contribution in [0.5, 0.6) is 0 Å². The van der Waals surface area contributed by atoms with Crippen molar-refractivity contribution >= 4 is 17.3 Å². The van der Waals surface area contributed by atoms with Crippen LogP contribution in [-0.4, -0.2) is 28.0 Å². The Morgan fingerprint density at radius 1 is 0.957 bits per heavy atom. The van der Waals surface area contributed by atoms with Crippen LogP contribution >= 0.6 is 11.3 Å². The fourth-order valence-corrected chi connectivity index (χ4v) is 3.12. The molecule has 2 aromatic heterocycles. The van der Waals surface area contributed by atoms with E-state index in [2.05, 4.69) is 39.1 Å². The maximum absolute atomic E-state index is 4.56. The smallest absolute Gasteiger partial charge is 0.225 e. The van der Waals surface area contributed by atoms with E-state index in [1.165, 1.54) is 37.7 Å². The van der Waals surface area contributed by atoms with Crippen molar-refractivity contribution in [3.63, 3.8) is 0 Å². The lowest BCUT2D eigenvalue weighted by Gasteiger charge is -2.22. The van der Waals surface area contributed by atoms with Crippen LogP contribution in [0, 0.1) is 0 Å². The van der Waals surface area contributed by atoms with Crippen LogP contribution in [0.2, 0.25) is 0 Å². The Morgan fingerprint density at radius 3 is 2.39 bits per heavy atom. The fraction of sp³-hybridized carbons (Fsp3) is 0.611. The van der Waals surface area contributed by atoms with Gasteiger partial charge in [0.25, 0.3) is 0 Å². The summed E-state index contributed by atoms with van der Waals surface area (Å²) in [5.41, 5.74) is 4.25. The molecule has 5 heteroatoms. The largest absolute Gasteiger partial charge is 0.340 e. The summed E-state index contributed by atoms with van der Waals surface area (Å²) in [6.45, 7) is 6.34. The lowest BCUT2D eigenvalue weighted by atomic mass is 10.1. The highest BCUT2D eigenvalue weighted by atomic mass is 32.1. The van der Waals surface area contributed by atoms with Crippen molar-refractivity contribution in [2.24, 2.45) is 0 Å². The van der Waals surface area contributed by atoms with E-state index in [0.29, 0.717) is 0 Å². The van der Waals surface area contributed by atoms with Crippen LogP contribution in [-0.2, 0) is 12.8 Å². The van der Waals surface area contributed by atoms with Gasteiger partial charge in [-0.2, -0.15) is 0 Å². The molecule has 23 heavy (non-hydrogen) atoms. The van der Waals surface area contributed by atoms with E-state index < -0.39 is 0 Å². The molecule has 0 saturated carbocycles. The third kappa shape index (κ3) is 6.26. The van der Waals surface area contributed by atoms with E-state index in [0.717, 1.165) is 37.6 Å². The molecular formula is C18H28N4S. The van der Waals surface area contributed by atoms with Gasteiger partial charge >= 0.3 is 0 Å². The Labute approximate surface area is 144 Å². The summed E-state index contributed by atoms with van der Waals surface area (Å²) in [6.07, 6.45) is 12.3. The number of aryl methyl sites for hydroxylation is 1. The van der Waals surface area contributed by atoms with Gasteiger partial charge < -0.3 is 4.90 Å². The quantitative estimate of drug-likeness (QED) is 0.568. The molecule has 0 spiro atoms. The van der Waals surface area contributed by atoms with Gasteiger partial charge in [0, 0.05) is 37.3 Å². The van der Waals surface area contributed by atoms with Crippen molar-refractivity contribution in [3.8, 4) is 0 Å². The first-order chi connectivity index (χ1) is 11.3. The van der Waals surface area contributed by atoms with Crippen LogP contribution in [0.3, 0.4) is 0 Å². The maximum atomic E-state index is 4.56. The van der Waals surface area contributed by atoms with Gasteiger partial charge in [0.2, 0.25) is 5.95 Å². The molecule has 0 aliphatic heterocycles. The van der Waals surface area contributed by atoms with Gasteiger partial charge in [0.1, 0.15) is 0 Å². The van der Waals surface area contributed by atoms with Crippen molar-refractivity contribution in [1.82, 2.24) is 15.0 Å². The van der Waals surface area contributed by atoms with E-state index in [4.69, 9.17) is 0 Å². The zero-order chi connectivity index (χ0) is 16.3. The van der Waals surface area contributed by atoms with Gasteiger partial charge in [-0.3, -0.25) is 0 Å². The summed E-state index contributed by atoms with van der Waals surface area (Å²) < 4.78 is 0.